The molecule has 1 atom stereocenters. The van der Waals surface area contributed by atoms with Crippen LogP contribution in [0.1, 0.15) is 43.2 Å². The summed E-state index contributed by atoms with van der Waals surface area (Å²) in [6, 6.07) is 24.1. The molecule has 1 aliphatic rings. The van der Waals surface area contributed by atoms with Crippen LogP contribution in [-0.4, -0.2) is 65.1 Å². The van der Waals surface area contributed by atoms with Crippen molar-refractivity contribution in [1.29, 1.82) is 0 Å². The van der Waals surface area contributed by atoms with E-state index in [1.807, 2.05) is 36.4 Å². The molecule has 13 heteroatoms. The molecule has 10 nitrogen and oxygen atoms in total. The van der Waals surface area contributed by atoms with E-state index in [1.165, 1.54) is 56.6 Å². The summed E-state index contributed by atoms with van der Waals surface area (Å²) in [5, 5.41) is 3.89. The van der Waals surface area contributed by atoms with Crippen molar-refractivity contribution in [3.8, 4) is 17.2 Å². The fraction of sp³-hybridized carbons (Fsp3) is 0.333. The first-order valence-corrected chi connectivity index (χ1v) is 19.2. The van der Waals surface area contributed by atoms with E-state index in [0.29, 0.717) is 16.3 Å². The molecular weight excluding hydrogens is 725 g/mol. The lowest BCUT2D eigenvalue weighted by atomic mass is 9.94. The highest BCUT2D eigenvalue weighted by Gasteiger charge is 2.36. The number of methoxy groups -OCH3 is 3. The number of anilines is 1. The molecule has 2 amide bonds. The van der Waals surface area contributed by atoms with Crippen LogP contribution in [0.25, 0.3) is 0 Å². The van der Waals surface area contributed by atoms with E-state index in [9.17, 15) is 18.0 Å². The molecule has 4 aromatic carbocycles. The van der Waals surface area contributed by atoms with Crippen molar-refractivity contribution in [3.63, 3.8) is 0 Å². The largest absolute Gasteiger partial charge is 0.495 e. The maximum atomic E-state index is 14.9. The molecule has 276 valence electrons. The Hall–Kier alpha value is -4.45. The summed E-state index contributed by atoms with van der Waals surface area (Å²) in [7, 11) is -0.271. The zero-order chi connectivity index (χ0) is 37.3. The number of amides is 2. The summed E-state index contributed by atoms with van der Waals surface area (Å²) in [6.07, 6.45) is 4.99. The number of ether oxygens (including phenoxy) is 3. The highest BCUT2D eigenvalue weighted by atomic mass is 35.5. The minimum Gasteiger partial charge on any atom is -0.495 e. The molecule has 5 rings (SSSR count). The Morgan fingerprint density at radius 2 is 1.42 bits per heavy atom. The second-order valence-electron chi connectivity index (χ2n) is 12.5. The molecular formula is C39H43Cl2N3O7S. The van der Waals surface area contributed by atoms with Gasteiger partial charge in [-0.1, -0.05) is 84.9 Å². The van der Waals surface area contributed by atoms with Gasteiger partial charge in [0, 0.05) is 35.1 Å². The number of sulfonamides is 1. The Bertz CT molecular complexity index is 1960. The van der Waals surface area contributed by atoms with Crippen LogP contribution in [0.5, 0.6) is 17.2 Å². The predicted octanol–water partition coefficient (Wildman–Crippen LogP) is 7.30. The number of halogens is 2. The fourth-order valence-corrected chi connectivity index (χ4v) is 8.22. The van der Waals surface area contributed by atoms with Crippen molar-refractivity contribution in [2.75, 3.05) is 32.2 Å². The monoisotopic (exact) mass is 767 g/mol. The zero-order valence-corrected chi connectivity index (χ0v) is 31.7. The van der Waals surface area contributed by atoms with Crippen LogP contribution in [0, 0.1) is 0 Å². The average molecular weight is 769 g/mol. The smallest absolute Gasteiger partial charge is 0.265 e. The van der Waals surface area contributed by atoms with Gasteiger partial charge in [0.2, 0.25) is 11.8 Å². The number of nitrogens with one attached hydrogen (secondary N) is 1. The van der Waals surface area contributed by atoms with E-state index < -0.39 is 28.5 Å². The predicted molar refractivity (Wildman–Crippen MR) is 203 cm³/mol. The second-order valence-corrected chi connectivity index (χ2v) is 15.3. The van der Waals surface area contributed by atoms with Gasteiger partial charge >= 0.3 is 0 Å². The summed E-state index contributed by atoms with van der Waals surface area (Å²) in [5.41, 5.74) is 1.53. The van der Waals surface area contributed by atoms with E-state index in [0.717, 1.165) is 42.0 Å². The lowest BCUT2D eigenvalue weighted by Crippen LogP contribution is -2.55. The van der Waals surface area contributed by atoms with Crippen molar-refractivity contribution in [1.82, 2.24) is 10.2 Å². The van der Waals surface area contributed by atoms with Crippen LogP contribution in [0.4, 0.5) is 5.69 Å². The third kappa shape index (κ3) is 9.50. The Kier molecular flexibility index (Phi) is 13.3. The van der Waals surface area contributed by atoms with Gasteiger partial charge in [-0.05, 0) is 66.4 Å². The highest BCUT2D eigenvalue weighted by Crippen LogP contribution is 2.37. The molecule has 0 spiro atoms. The summed E-state index contributed by atoms with van der Waals surface area (Å²) < 4.78 is 46.6. The van der Waals surface area contributed by atoms with Gasteiger partial charge in [-0.25, -0.2) is 8.42 Å². The molecule has 1 fully saturated rings. The summed E-state index contributed by atoms with van der Waals surface area (Å²) in [6.45, 7) is -0.720. The standard InChI is InChI=1S/C39H43Cl2N3O7S/c1-49-35-19-17-30(41)23-33(35)44(52(47,48)32-18-20-36(50-2)37(24-32)51-3)26-38(45)43(25-28-13-10-14-29(40)21-28)34(22-27-11-6-4-7-12-27)39(46)42-31-15-8-5-9-16-31/h4,6-7,10-14,17-21,23-24,31,34H,5,8-9,15-16,22,25-26H2,1-3H3,(H,42,46)/t34-/m0/s1. The van der Waals surface area contributed by atoms with Crippen molar-refractivity contribution >= 4 is 50.7 Å². The maximum Gasteiger partial charge on any atom is 0.265 e. The third-order valence-electron chi connectivity index (χ3n) is 9.10. The molecule has 1 saturated carbocycles. The lowest BCUT2D eigenvalue weighted by Gasteiger charge is -2.35. The maximum absolute atomic E-state index is 14.9. The minimum atomic E-state index is -4.51. The molecule has 1 N–H and O–H groups in total. The normalized spacial score (nSPS) is 13.9. The van der Waals surface area contributed by atoms with Crippen molar-refractivity contribution < 1.29 is 32.2 Å². The lowest BCUT2D eigenvalue weighted by molar-refractivity contribution is -0.140. The molecule has 0 bridgehead atoms. The Morgan fingerprint density at radius 3 is 2.10 bits per heavy atom. The van der Waals surface area contributed by atoms with E-state index >= 15 is 0 Å². The number of carbonyl (C=O) groups excluding carboxylic acids is 2. The van der Waals surface area contributed by atoms with Gasteiger partial charge in [-0.15, -0.1) is 0 Å². The van der Waals surface area contributed by atoms with Gasteiger partial charge in [-0.2, -0.15) is 0 Å². The number of carbonyl (C=O) groups is 2. The van der Waals surface area contributed by atoms with Crippen molar-refractivity contribution in [3.05, 3.63) is 112 Å². The quantitative estimate of drug-likeness (QED) is 0.135. The third-order valence-corrected chi connectivity index (χ3v) is 11.3. The van der Waals surface area contributed by atoms with Crippen molar-refractivity contribution in [2.45, 2.75) is 62.0 Å². The highest BCUT2D eigenvalue weighted by molar-refractivity contribution is 7.92. The van der Waals surface area contributed by atoms with Crippen LogP contribution in [0.2, 0.25) is 10.0 Å². The molecule has 0 aliphatic heterocycles. The van der Waals surface area contributed by atoms with Gasteiger partial charge in [0.1, 0.15) is 18.3 Å². The average Bonchev–Trinajstić information content (AvgIpc) is 3.15. The summed E-state index contributed by atoms with van der Waals surface area (Å²) in [4.78, 5) is 30.5. The molecule has 0 saturated heterocycles. The van der Waals surface area contributed by atoms with E-state index in [2.05, 4.69) is 5.32 Å². The molecule has 1 aliphatic carbocycles. The Labute approximate surface area is 315 Å². The van der Waals surface area contributed by atoms with Gasteiger partial charge in [0.25, 0.3) is 10.0 Å². The Balaban J connectivity index is 1.62. The Morgan fingerprint density at radius 1 is 0.769 bits per heavy atom. The summed E-state index contributed by atoms with van der Waals surface area (Å²) in [5.74, 6) is -0.285. The van der Waals surface area contributed by atoms with E-state index in [-0.39, 0.29) is 52.0 Å². The number of hydrogen-bond donors (Lipinski definition) is 1. The van der Waals surface area contributed by atoms with Crippen LogP contribution in [0.3, 0.4) is 0 Å². The summed E-state index contributed by atoms with van der Waals surface area (Å²) >= 11 is 12.8. The van der Waals surface area contributed by atoms with Crippen molar-refractivity contribution in [2.24, 2.45) is 0 Å². The first kappa shape index (κ1) is 38.8. The topological polar surface area (TPSA) is 114 Å². The first-order valence-electron chi connectivity index (χ1n) is 17.0. The number of hydrogen-bond acceptors (Lipinski definition) is 7. The molecule has 0 heterocycles. The number of benzene rings is 4. The molecule has 0 radical (unpaired) electrons. The molecule has 0 aromatic heterocycles. The van der Waals surface area contributed by atoms with Gasteiger partial charge in [0.05, 0.1) is 31.9 Å². The zero-order valence-electron chi connectivity index (χ0n) is 29.4. The second kappa shape index (κ2) is 17.9. The number of nitrogens with zero attached hydrogens (tertiary/aromatic N) is 2. The van der Waals surface area contributed by atoms with Crippen LogP contribution in [0.15, 0.2) is 95.9 Å². The minimum absolute atomic E-state index is 0.0219. The van der Waals surface area contributed by atoms with Crippen LogP contribution in [-0.2, 0) is 32.6 Å². The molecule has 4 aromatic rings. The van der Waals surface area contributed by atoms with Gasteiger partial charge in [0.15, 0.2) is 11.5 Å². The van der Waals surface area contributed by atoms with Gasteiger partial charge in [-0.3, -0.25) is 13.9 Å². The fourth-order valence-electron chi connectivity index (χ4n) is 6.41. The van der Waals surface area contributed by atoms with E-state index in [4.69, 9.17) is 37.4 Å². The SMILES string of the molecule is COc1ccc(S(=O)(=O)N(CC(=O)N(Cc2cccc(Cl)c2)[C@@H](Cc2ccccc2)C(=O)NC2CCCCC2)c2cc(Cl)ccc2OC)cc1OC. The first-order chi connectivity index (χ1) is 25.0. The number of rotatable bonds is 15. The van der Waals surface area contributed by atoms with Gasteiger partial charge < -0.3 is 24.4 Å². The molecule has 0 unspecified atom stereocenters. The van der Waals surface area contributed by atoms with E-state index in [1.54, 1.807) is 24.3 Å². The van der Waals surface area contributed by atoms with Crippen LogP contribution >= 0.6 is 23.2 Å². The van der Waals surface area contributed by atoms with Crippen LogP contribution < -0.4 is 23.8 Å². The molecule has 52 heavy (non-hydrogen) atoms.